The summed E-state index contributed by atoms with van der Waals surface area (Å²) < 4.78 is 11.3. The Morgan fingerprint density at radius 1 is 1.06 bits per heavy atom. The SMILES string of the molecule is OC1CCCc2cc3c(cc21)OCCCO3. The van der Waals surface area contributed by atoms with E-state index in [-0.39, 0.29) is 6.10 Å². The molecule has 16 heavy (non-hydrogen) atoms. The number of benzene rings is 1. The third-order valence-corrected chi connectivity index (χ3v) is 3.29. The monoisotopic (exact) mass is 220 g/mol. The minimum absolute atomic E-state index is 0.332. The van der Waals surface area contributed by atoms with Crippen LogP contribution < -0.4 is 9.47 Å². The standard InChI is InChI=1S/C13H16O3/c14-11-4-1-3-9-7-12-13(8-10(9)11)16-6-2-5-15-12/h7-8,11,14H,1-6H2. The highest BCUT2D eigenvalue weighted by atomic mass is 16.5. The maximum Gasteiger partial charge on any atom is 0.161 e. The molecule has 3 heteroatoms. The van der Waals surface area contributed by atoms with Crippen LogP contribution in [0, 0.1) is 0 Å². The highest BCUT2D eigenvalue weighted by Crippen LogP contribution is 2.39. The van der Waals surface area contributed by atoms with E-state index in [4.69, 9.17) is 9.47 Å². The van der Waals surface area contributed by atoms with Gasteiger partial charge in [0.2, 0.25) is 0 Å². The van der Waals surface area contributed by atoms with Gasteiger partial charge in [0.1, 0.15) is 0 Å². The molecule has 86 valence electrons. The first-order valence-corrected chi connectivity index (χ1v) is 5.95. The fourth-order valence-corrected chi connectivity index (χ4v) is 2.43. The molecule has 0 saturated heterocycles. The number of hydrogen-bond donors (Lipinski definition) is 1. The number of rotatable bonds is 0. The average Bonchev–Trinajstić information content (AvgIpc) is 2.52. The van der Waals surface area contributed by atoms with Gasteiger partial charge in [-0.2, -0.15) is 0 Å². The first kappa shape index (κ1) is 9.97. The van der Waals surface area contributed by atoms with E-state index in [0.29, 0.717) is 13.2 Å². The van der Waals surface area contributed by atoms with Crippen LogP contribution in [0.2, 0.25) is 0 Å². The number of hydrogen-bond acceptors (Lipinski definition) is 3. The van der Waals surface area contributed by atoms with Crippen molar-refractivity contribution < 1.29 is 14.6 Å². The summed E-state index contributed by atoms with van der Waals surface area (Å²) >= 11 is 0. The summed E-state index contributed by atoms with van der Waals surface area (Å²) in [5, 5.41) is 9.94. The fourth-order valence-electron chi connectivity index (χ4n) is 2.43. The first-order chi connectivity index (χ1) is 7.84. The van der Waals surface area contributed by atoms with E-state index in [2.05, 4.69) is 0 Å². The molecule has 1 aromatic carbocycles. The lowest BCUT2D eigenvalue weighted by atomic mass is 9.89. The van der Waals surface area contributed by atoms with E-state index in [0.717, 1.165) is 42.7 Å². The van der Waals surface area contributed by atoms with Crippen LogP contribution in [0.5, 0.6) is 11.5 Å². The molecular weight excluding hydrogens is 204 g/mol. The lowest BCUT2D eigenvalue weighted by Gasteiger charge is -2.22. The van der Waals surface area contributed by atoms with Gasteiger partial charge in [-0.05, 0) is 42.5 Å². The van der Waals surface area contributed by atoms with Crippen molar-refractivity contribution in [2.24, 2.45) is 0 Å². The molecule has 3 nitrogen and oxygen atoms in total. The zero-order valence-electron chi connectivity index (χ0n) is 9.24. The van der Waals surface area contributed by atoms with Crippen LogP contribution in [0.25, 0.3) is 0 Å². The summed E-state index contributed by atoms with van der Waals surface area (Å²) in [6.07, 6.45) is 3.52. The molecule has 1 aromatic rings. The Balaban J connectivity index is 2.05. The van der Waals surface area contributed by atoms with Crippen LogP contribution in [0.3, 0.4) is 0 Å². The van der Waals surface area contributed by atoms with Crippen molar-refractivity contribution in [2.45, 2.75) is 31.8 Å². The van der Waals surface area contributed by atoms with Crippen LogP contribution >= 0.6 is 0 Å². The van der Waals surface area contributed by atoms with Crippen molar-refractivity contribution in [3.8, 4) is 11.5 Å². The Bertz CT molecular complexity index is 400. The van der Waals surface area contributed by atoms with Gasteiger partial charge in [0, 0.05) is 6.42 Å². The van der Waals surface area contributed by atoms with Crippen LogP contribution in [0.15, 0.2) is 12.1 Å². The fraction of sp³-hybridized carbons (Fsp3) is 0.538. The van der Waals surface area contributed by atoms with Gasteiger partial charge < -0.3 is 14.6 Å². The van der Waals surface area contributed by atoms with E-state index >= 15 is 0 Å². The van der Waals surface area contributed by atoms with Crippen molar-refractivity contribution in [1.82, 2.24) is 0 Å². The molecule has 1 heterocycles. The van der Waals surface area contributed by atoms with Crippen molar-refractivity contribution in [1.29, 1.82) is 0 Å². The molecule has 0 bridgehead atoms. The van der Waals surface area contributed by atoms with Gasteiger partial charge in [0.15, 0.2) is 11.5 Å². The van der Waals surface area contributed by atoms with Crippen molar-refractivity contribution in [3.05, 3.63) is 23.3 Å². The van der Waals surface area contributed by atoms with E-state index in [1.807, 2.05) is 12.1 Å². The lowest BCUT2D eigenvalue weighted by Crippen LogP contribution is -2.09. The number of aryl methyl sites for hydroxylation is 1. The molecule has 0 amide bonds. The van der Waals surface area contributed by atoms with E-state index < -0.39 is 0 Å². The number of fused-ring (bicyclic) bond motifs is 2. The molecular formula is C13H16O3. The lowest BCUT2D eigenvalue weighted by molar-refractivity contribution is 0.156. The second-order valence-corrected chi connectivity index (χ2v) is 4.46. The van der Waals surface area contributed by atoms with Crippen LogP contribution in [-0.4, -0.2) is 18.3 Å². The molecule has 0 aromatic heterocycles. The third kappa shape index (κ3) is 1.65. The summed E-state index contributed by atoms with van der Waals surface area (Å²) in [6.45, 7) is 1.41. The minimum atomic E-state index is -0.332. The van der Waals surface area contributed by atoms with Crippen LogP contribution in [0.1, 0.15) is 36.5 Å². The van der Waals surface area contributed by atoms with E-state index in [9.17, 15) is 5.11 Å². The number of aliphatic hydroxyl groups is 1. The molecule has 0 radical (unpaired) electrons. The molecule has 1 aliphatic carbocycles. The quantitative estimate of drug-likeness (QED) is 0.728. The summed E-state index contributed by atoms with van der Waals surface area (Å²) in [5.41, 5.74) is 2.23. The van der Waals surface area contributed by atoms with Gasteiger partial charge in [-0.15, -0.1) is 0 Å². The second-order valence-electron chi connectivity index (χ2n) is 4.46. The summed E-state index contributed by atoms with van der Waals surface area (Å²) in [7, 11) is 0. The van der Waals surface area contributed by atoms with Crippen molar-refractivity contribution in [2.75, 3.05) is 13.2 Å². The molecule has 1 unspecified atom stereocenters. The molecule has 0 spiro atoms. The van der Waals surface area contributed by atoms with Crippen LogP contribution in [0.4, 0.5) is 0 Å². The maximum atomic E-state index is 9.94. The number of ether oxygens (including phenoxy) is 2. The Morgan fingerprint density at radius 2 is 1.81 bits per heavy atom. The molecule has 1 aliphatic heterocycles. The van der Waals surface area contributed by atoms with Gasteiger partial charge in [-0.1, -0.05) is 0 Å². The third-order valence-electron chi connectivity index (χ3n) is 3.29. The topological polar surface area (TPSA) is 38.7 Å². The predicted molar refractivity (Wildman–Crippen MR) is 59.9 cm³/mol. The zero-order valence-corrected chi connectivity index (χ0v) is 9.24. The molecule has 0 saturated carbocycles. The summed E-state index contributed by atoms with van der Waals surface area (Å²) in [4.78, 5) is 0. The summed E-state index contributed by atoms with van der Waals surface area (Å²) in [5.74, 6) is 1.63. The Morgan fingerprint density at radius 3 is 2.62 bits per heavy atom. The second kappa shape index (κ2) is 3.98. The minimum Gasteiger partial charge on any atom is -0.490 e. The van der Waals surface area contributed by atoms with Crippen molar-refractivity contribution >= 4 is 0 Å². The van der Waals surface area contributed by atoms with Crippen molar-refractivity contribution in [3.63, 3.8) is 0 Å². The molecule has 0 fully saturated rings. The average molecular weight is 220 g/mol. The zero-order chi connectivity index (χ0) is 11.0. The first-order valence-electron chi connectivity index (χ1n) is 5.95. The predicted octanol–water partition coefficient (Wildman–Crippen LogP) is 2.22. The van der Waals surface area contributed by atoms with E-state index in [1.54, 1.807) is 0 Å². The summed E-state index contributed by atoms with van der Waals surface area (Å²) in [6, 6.07) is 4.00. The smallest absolute Gasteiger partial charge is 0.161 e. The van der Waals surface area contributed by atoms with E-state index in [1.165, 1.54) is 5.56 Å². The van der Waals surface area contributed by atoms with Gasteiger partial charge in [0.05, 0.1) is 19.3 Å². The van der Waals surface area contributed by atoms with Gasteiger partial charge in [-0.25, -0.2) is 0 Å². The highest BCUT2D eigenvalue weighted by Gasteiger charge is 2.22. The number of aliphatic hydroxyl groups excluding tert-OH is 1. The molecule has 1 N–H and O–H groups in total. The van der Waals surface area contributed by atoms with Crippen LogP contribution in [-0.2, 0) is 6.42 Å². The van der Waals surface area contributed by atoms with Gasteiger partial charge in [0.25, 0.3) is 0 Å². The Labute approximate surface area is 95.0 Å². The molecule has 1 atom stereocenters. The van der Waals surface area contributed by atoms with Gasteiger partial charge in [-0.3, -0.25) is 0 Å². The molecule has 3 rings (SSSR count). The largest absolute Gasteiger partial charge is 0.490 e. The normalized spacial score (nSPS) is 23.4. The van der Waals surface area contributed by atoms with Gasteiger partial charge >= 0.3 is 0 Å². The maximum absolute atomic E-state index is 9.94. The Hall–Kier alpha value is -1.22. The molecule has 2 aliphatic rings. The highest BCUT2D eigenvalue weighted by molar-refractivity contribution is 5.49. The Kier molecular flexibility index (Phi) is 2.48.